The lowest BCUT2D eigenvalue weighted by Gasteiger charge is -2.28. The van der Waals surface area contributed by atoms with Gasteiger partial charge in [0.25, 0.3) is 0 Å². The normalized spacial score (nSPS) is 12.9. The van der Waals surface area contributed by atoms with Crippen LogP contribution >= 0.6 is 23.2 Å². The summed E-state index contributed by atoms with van der Waals surface area (Å²) in [5.41, 5.74) is 4.95. The zero-order valence-electron chi connectivity index (χ0n) is 21.9. The molecule has 0 unspecified atom stereocenters. The second-order valence-electron chi connectivity index (χ2n) is 9.97. The monoisotopic (exact) mass is 562 g/mol. The molecule has 1 aliphatic rings. The Morgan fingerprint density at radius 3 is 2.51 bits per heavy atom. The first-order valence-corrected chi connectivity index (χ1v) is 14.1. The van der Waals surface area contributed by atoms with Gasteiger partial charge in [0, 0.05) is 41.9 Å². The number of aromatic amines is 1. The Kier molecular flexibility index (Phi) is 8.44. The number of rotatable bonds is 10. The van der Waals surface area contributed by atoms with E-state index in [2.05, 4.69) is 23.3 Å². The molecule has 8 heteroatoms. The summed E-state index contributed by atoms with van der Waals surface area (Å²) >= 11 is 12.4. The van der Waals surface area contributed by atoms with Gasteiger partial charge < -0.3 is 20.1 Å². The van der Waals surface area contributed by atoms with Crippen molar-refractivity contribution in [3.8, 4) is 0 Å². The third kappa shape index (κ3) is 6.57. The smallest absolute Gasteiger partial charge is 0.322 e. The number of fused-ring (bicyclic) bond motifs is 1. The summed E-state index contributed by atoms with van der Waals surface area (Å²) in [6.07, 6.45) is 5.29. The molecular weight excluding hydrogens is 531 g/mol. The number of aryl methyl sites for hydroxylation is 1. The number of halogens is 2. The molecule has 0 bridgehead atoms. The summed E-state index contributed by atoms with van der Waals surface area (Å²) in [5, 5.41) is 5.12. The lowest BCUT2D eigenvalue weighted by molar-refractivity contribution is -0.132. The highest BCUT2D eigenvalue weighted by molar-refractivity contribution is 6.42. The quantitative estimate of drug-likeness (QED) is 0.213. The van der Waals surface area contributed by atoms with Crippen LogP contribution in [-0.4, -0.2) is 45.9 Å². The third-order valence-corrected chi connectivity index (χ3v) is 7.97. The first-order valence-electron chi connectivity index (χ1n) is 13.3. The number of hydrogen-bond acceptors (Lipinski definition) is 2. The van der Waals surface area contributed by atoms with Gasteiger partial charge in [-0.1, -0.05) is 72.6 Å². The van der Waals surface area contributed by atoms with Gasteiger partial charge in [-0.25, -0.2) is 4.79 Å². The van der Waals surface area contributed by atoms with Gasteiger partial charge in [-0.05, 0) is 66.6 Å². The molecule has 1 heterocycles. The highest BCUT2D eigenvalue weighted by Crippen LogP contribution is 2.29. The Hall–Kier alpha value is -3.48. The Bertz CT molecular complexity index is 1480. The lowest BCUT2D eigenvalue weighted by Crippen LogP contribution is -2.46. The minimum atomic E-state index is -0.238. The van der Waals surface area contributed by atoms with Crippen LogP contribution in [0.15, 0.2) is 72.9 Å². The predicted octanol–water partition coefficient (Wildman–Crippen LogP) is 7.30. The molecule has 1 fully saturated rings. The van der Waals surface area contributed by atoms with Crippen LogP contribution in [-0.2, 0) is 24.2 Å². The van der Waals surface area contributed by atoms with Crippen LogP contribution in [0.1, 0.15) is 36.5 Å². The summed E-state index contributed by atoms with van der Waals surface area (Å²) in [7, 11) is 0. The van der Waals surface area contributed by atoms with Crippen molar-refractivity contribution in [2.45, 2.75) is 45.2 Å². The molecule has 0 spiro atoms. The van der Waals surface area contributed by atoms with Crippen molar-refractivity contribution in [3.05, 3.63) is 99.7 Å². The number of nitrogens with zero attached hydrogens (tertiary/aromatic N) is 2. The van der Waals surface area contributed by atoms with Gasteiger partial charge in [-0.2, -0.15) is 0 Å². The maximum atomic E-state index is 13.8. The van der Waals surface area contributed by atoms with E-state index in [-0.39, 0.29) is 24.5 Å². The van der Waals surface area contributed by atoms with Crippen LogP contribution in [0.3, 0.4) is 0 Å². The Balaban J connectivity index is 1.34. The molecule has 1 saturated carbocycles. The van der Waals surface area contributed by atoms with Gasteiger partial charge >= 0.3 is 6.03 Å². The van der Waals surface area contributed by atoms with Gasteiger partial charge in [0.05, 0.1) is 10.0 Å². The van der Waals surface area contributed by atoms with E-state index in [4.69, 9.17) is 23.2 Å². The van der Waals surface area contributed by atoms with Crippen molar-refractivity contribution in [2.75, 3.05) is 18.4 Å². The molecule has 39 heavy (non-hydrogen) atoms. The second kappa shape index (κ2) is 12.1. The van der Waals surface area contributed by atoms with Gasteiger partial charge in [0.1, 0.15) is 6.54 Å². The first kappa shape index (κ1) is 27.1. The van der Waals surface area contributed by atoms with E-state index < -0.39 is 0 Å². The number of anilines is 1. The average molecular weight is 564 g/mol. The molecule has 5 rings (SSSR count). The first-order chi connectivity index (χ1) is 18.9. The zero-order chi connectivity index (χ0) is 27.4. The minimum absolute atomic E-state index is 0.0139. The number of H-pyrrole nitrogens is 1. The highest BCUT2D eigenvalue weighted by Gasteiger charge is 2.35. The van der Waals surface area contributed by atoms with Crippen molar-refractivity contribution >= 4 is 51.7 Å². The van der Waals surface area contributed by atoms with Crippen molar-refractivity contribution < 1.29 is 9.59 Å². The molecule has 0 atom stereocenters. The van der Waals surface area contributed by atoms with Crippen LogP contribution in [0.2, 0.25) is 10.0 Å². The van der Waals surface area contributed by atoms with Crippen LogP contribution in [0.5, 0.6) is 0 Å². The van der Waals surface area contributed by atoms with Gasteiger partial charge in [0.2, 0.25) is 5.91 Å². The molecule has 0 aliphatic heterocycles. The molecule has 6 nitrogen and oxygen atoms in total. The molecule has 0 radical (unpaired) electrons. The highest BCUT2D eigenvalue weighted by atomic mass is 35.5. The fourth-order valence-corrected chi connectivity index (χ4v) is 5.20. The molecule has 202 valence electrons. The maximum Gasteiger partial charge on any atom is 0.322 e. The van der Waals surface area contributed by atoms with E-state index in [1.807, 2.05) is 59.6 Å². The van der Waals surface area contributed by atoms with Crippen LogP contribution in [0, 0.1) is 0 Å². The summed E-state index contributed by atoms with van der Waals surface area (Å²) in [4.78, 5) is 33.9. The molecule has 2 N–H and O–H groups in total. The largest absolute Gasteiger partial charge is 0.361 e. The van der Waals surface area contributed by atoms with E-state index in [1.54, 1.807) is 17.0 Å². The SMILES string of the molecule is CCc1ccccc1NC(=O)N(CC(=O)N(CCc1c[nH]c2ccccc12)Cc1ccc(Cl)c(Cl)c1)C1CC1. The van der Waals surface area contributed by atoms with E-state index in [1.165, 1.54) is 0 Å². The molecular formula is C31H32Cl2N4O2. The van der Waals surface area contributed by atoms with Crippen molar-refractivity contribution in [1.29, 1.82) is 0 Å². The van der Waals surface area contributed by atoms with Gasteiger partial charge in [0.15, 0.2) is 0 Å². The zero-order valence-corrected chi connectivity index (χ0v) is 23.4. The molecule has 0 saturated heterocycles. The summed E-state index contributed by atoms with van der Waals surface area (Å²) in [6, 6.07) is 21.2. The topological polar surface area (TPSA) is 68.4 Å². The van der Waals surface area contributed by atoms with E-state index in [0.717, 1.165) is 52.5 Å². The maximum absolute atomic E-state index is 13.8. The lowest BCUT2D eigenvalue weighted by atomic mass is 10.1. The summed E-state index contributed by atoms with van der Waals surface area (Å²) in [5.74, 6) is -0.105. The van der Waals surface area contributed by atoms with Crippen molar-refractivity contribution in [2.24, 2.45) is 0 Å². The number of carbonyl (C=O) groups excluding carboxylic acids is 2. The van der Waals surface area contributed by atoms with E-state index in [0.29, 0.717) is 29.6 Å². The Morgan fingerprint density at radius 1 is 0.974 bits per heavy atom. The average Bonchev–Trinajstić information content (AvgIpc) is 3.71. The number of hydrogen-bond donors (Lipinski definition) is 2. The van der Waals surface area contributed by atoms with Gasteiger partial charge in [-0.3, -0.25) is 4.79 Å². The molecule has 1 aliphatic carbocycles. The predicted molar refractivity (Wildman–Crippen MR) is 158 cm³/mol. The summed E-state index contributed by atoms with van der Waals surface area (Å²) < 4.78 is 0. The molecule has 3 aromatic carbocycles. The fraction of sp³-hybridized carbons (Fsp3) is 0.290. The Morgan fingerprint density at radius 2 is 1.74 bits per heavy atom. The van der Waals surface area contributed by atoms with Crippen LogP contribution in [0.25, 0.3) is 10.9 Å². The van der Waals surface area contributed by atoms with E-state index >= 15 is 0 Å². The number of aromatic nitrogens is 1. The molecule has 4 aromatic rings. The number of amides is 3. The number of carbonyl (C=O) groups is 2. The molecule has 1 aromatic heterocycles. The minimum Gasteiger partial charge on any atom is -0.361 e. The number of benzene rings is 3. The Labute approximate surface area is 238 Å². The fourth-order valence-electron chi connectivity index (χ4n) is 4.88. The van der Waals surface area contributed by atoms with Crippen LogP contribution < -0.4 is 5.32 Å². The van der Waals surface area contributed by atoms with E-state index in [9.17, 15) is 9.59 Å². The number of para-hydroxylation sites is 2. The van der Waals surface area contributed by atoms with Crippen molar-refractivity contribution in [1.82, 2.24) is 14.8 Å². The second-order valence-corrected chi connectivity index (χ2v) is 10.8. The van der Waals surface area contributed by atoms with Gasteiger partial charge in [-0.15, -0.1) is 0 Å². The van der Waals surface area contributed by atoms with Crippen molar-refractivity contribution in [3.63, 3.8) is 0 Å². The van der Waals surface area contributed by atoms with Crippen LogP contribution in [0.4, 0.5) is 10.5 Å². The third-order valence-electron chi connectivity index (χ3n) is 7.23. The summed E-state index contributed by atoms with van der Waals surface area (Å²) in [6.45, 7) is 2.94. The number of nitrogens with one attached hydrogen (secondary N) is 2. The standard InChI is InChI=1S/C31H32Cl2N4O2/c1-2-22-7-3-5-9-28(22)35-31(39)37(24-12-13-24)20-30(38)36(19-21-11-14-26(32)27(33)17-21)16-15-23-18-34-29-10-6-4-8-25(23)29/h3-11,14,17-18,24,34H,2,12-13,15-16,19-20H2,1H3,(H,35,39). The molecule has 3 amide bonds. The number of urea groups is 1.